The van der Waals surface area contributed by atoms with Crippen molar-refractivity contribution in [3.05, 3.63) is 24.3 Å². The quantitative estimate of drug-likeness (QED) is 0.528. The van der Waals surface area contributed by atoms with Crippen molar-refractivity contribution in [2.24, 2.45) is 7.05 Å². The molecule has 0 aromatic carbocycles. The van der Waals surface area contributed by atoms with Crippen LogP contribution in [0.15, 0.2) is 18.5 Å². The maximum absolute atomic E-state index is 4.24. The molecule has 2 nitrogen and oxygen atoms in total. The van der Waals surface area contributed by atoms with Gasteiger partial charge in [0.1, 0.15) is 6.20 Å². The number of hydrogen-bond donors (Lipinski definition) is 0. The molecule has 1 rings (SSSR count). The summed E-state index contributed by atoms with van der Waals surface area (Å²) in [6.45, 7) is 4.28. The first kappa shape index (κ1) is 7.19. The third-order valence-electron chi connectivity index (χ3n) is 1.48. The number of hydrogen-bond acceptors (Lipinski definition) is 1. The fraction of sp³-hybridized carbons (Fsp3) is 0.500. The van der Waals surface area contributed by atoms with Gasteiger partial charge in [0.15, 0.2) is 0 Å². The fourth-order valence-electron chi connectivity index (χ4n) is 1.01. The van der Waals surface area contributed by atoms with E-state index in [2.05, 4.69) is 18.8 Å². The van der Waals surface area contributed by atoms with Gasteiger partial charge < -0.3 is 0 Å². The molecule has 0 unspecified atom stereocenters. The lowest BCUT2D eigenvalue weighted by molar-refractivity contribution is -0.683. The van der Waals surface area contributed by atoms with Crippen molar-refractivity contribution in [2.75, 3.05) is 0 Å². The maximum atomic E-state index is 4.24. The Morgan fingerprint density at radius 2 is 2.20 bits per heavy atom. The fourth-order valence-corrected chi connectivity index (χ4v) is 1.01. The van der Waals surface area contributed by atoms with Crippen molar-refractivity contribution < 1.29 is 4.57 Å². The van der Waals surface area contributed by atoms with Crippen LogP contribution in [0.4, 0.5) is 0 Å². The molecule has 1 heterocycles. The van der Waals surface area contributed by atoms with Crippen LogP contribution in [0, 0.1) is 0 Å². The van der Waals surface area contributed by atoms with E-state index in [0.717, 1.165) is 5.82 Å². The van der Waals surface area contributed by atoms with Gasteiger partial charge in [-0.1, -0.05) is 18.8 Å². The molecule has 0 N–H and O–H groups in total. The maximum Gasteiger partial charge on any atom is 0.300 e. The monoisotopic (exact) mass is 137 g/mol. The van der Waals surface area contributed by atoms with Gasteiger partial charge in [0.2, 0.25) is 0 Å². The highest BCUT2D eigenvalue weighted by Gasteiger charge is 2.10. The lowest BCUT2D eigenvalue weighted by atomic mass is 10.2. The average molecular weight is 137 g/mol. The zero-order chi connectivity index (χ0) is 7.56. The van der Waals surface area contributed by atoms with Gasteiger partial charge in [-0.25, -0.2) is 4.57 Å². The summed E-state index contributed by atoms with van der Waals surface area (Å²) in [6.07, 6.45) is 3.84. The summed E-state index contributed by atoms with van der Waals surface area (Å²) in [5.74, 6) is 1.63. The molecule has 0 fully saturated rings. The van der Waals surface area contributed by atoms with Gasteiger partial charge in [-0.05, 0) is 0 Å². The van der Waals surface area contributed by atoms with E-state index in [4.69, 9.17) is 0 Å². The van der Waals surface area contributed by atoms with Crippen LogP contribution in [-0.4, -0.2) is 4.98 Å². The van der Waals surface area contributed by atoms with Crippen LogP contribution in [0.3, 0.4) is 0 Å². The molecule has 0 aliphatic rings. The summed E-state index contributed by atoms with van der Waals surface area (Å²) >= 11 is 0. The molecule has 1 aromatic heterocycles. The Labute approximate surface area is 61.5 Å². The van der Waals surface area contributed by atoms with E-state index in [1.165, 1.54) is 0 Å². The molecule has 0 aliphatic heterocycles. The predicted octanol–water partition coefficient (Wildman–Crippen LogP) is 1.03. The first-order valence-corrected chi connectivity index (χ1v) is 3.52. The normalized spacial score (nSPS) is 10.4. The lowest BCUT2D eigenvalue weighted by Crippen LogP contribution is -2.34. The summed E-state index contributed by atoms with van der Waals surface area (Å²) in [4.78, 5) is 4.24. The van der Waals surface area contributed by atoms with Crippen LogP contribution in [0.2, 0.25) is 0 Å². The van der Waals surface area contributed by atoms with E-state index in [9.17, 15) is 0 Å². The number of nitrogens with zero attached hydrogens (tertiary/aromatic N) is 2. The Morgan fingerprint density at radius 1 is 1.50 bits per heavy atom. The van der Waals surface area contributed by atoms with Crippen molar-refractivity contribution in [1.29, 1.82) is 0 Å². The van der Waals surface area contributed by atoms with Crippen LogP contribution in [0.1, 0.15) is 25.6 Å². The van der Waals surface area contributed by atoms with Gasteiger partial charge in [0.25, 0.3) is 0 Å². The van der Waals surface area contributed by atoms with E-state index in [1.54, 1.807) is 0 Å². The molecule has 0 saturated heterocycles. The topological polar surface area (TPSA) is 16.8 Å². The third kappa shape index (κ3) is 1.32. The van der Waals surface area contributed by atoms with Crippen LogP contribution in [-0.2, 0) is 7.05 Å². The second-order valence-electron chi connectivity index (χ2n) is 2.74. The number of aromatic nitrogens is 2. The van der Waals surface area contributed by atoms with Crippen LogP contribution < -0.4 is 4.57 Å². The zero-order valence-electron chi connectivity index (χ0n) is 6.70. The minimum Gasteiger partial charge on any atom is -0.237 e. The Kier molecular flexibility index (Phi) is 2.00. The molecular weight excluding hydrogens is 124 g/mol. The van der Waals surface area contributed by atoms with Gasteiger partial charge in [0, 0.05) is 6.07 Å². The SMILES string of the molecule is CC(C)c1nccc[n+]1C. The van der Waals surface area contributed by atoms with Crippen molar-refractivity contribution in [2.45, 2.75) is 19.8 Å². The van der Waals surface area contributed by atoms with Gasteiger partial charge >= 0.3 is 5.82 Å². The average Bonchev–Trinajstić information content (AvgIpc) is 1.88. The predicted molar refractivity (Wildman–Crippen MR) is 39.5 cm³/mol. The van der Waals surface area contributed by atoms with E-state index in [1.807, 2.05) is 30.1 Å². The minimum atomic E-state index is 0.506. The largest absolute Gasteiger partial charge is 0.300 e. The van der Waals surface area contributed by atoms with E-state index >= 15 is 0 Å². The Morgan fingerprint density at radius 3 is 2.60 bits per heavy atom. The molecule has 10 heavy (non-hydrogen) atoms. The van der Waals surface area contributed by atoms with E-state index < -0.39 is 0 Å². The Balaban J connectivity index is 3.03. The highest BCUT2D eigenvalue weighted by atomic mass is 15.0. The molecule has 1 aromatic rings. The smallest absolute Gasteiger partial charge is 0.237 e. The minimum absolute atomic E-state index is 0.506. The van der Waals surface area contributed by atoms with Crippen molar-refractivity contribution in [1.82, 2.24) is 4.98 Å². The van der Waals surface area contributed by atoms with E-state index in [0.29, 0.717) is 5.92 Å². The highest BCUT2D eigenvalue weighted by molar-refractivity contribution is 4.85. The van der Waals surface area contributed by atoms with Gasteiger partial charge in [0.05, 0.1) is 19.2 Å². The second-order valence-corrected chi connectivity index (χ2v) is 2.74. The molecule has 0 radical (unpaired) electrons. The van der Waals surface area contributed by atoms with Crippen LogP contribution >= 0.6 is 0 Å². The number of aryl methyl sites for hydroxylation is 1. The first-order chi connectivity index (χ1) is 4.72. The lowest BCUT2D eigenvalue weighted by Gasteiger charge is -1.98. The summed E-state index contributed by atoms with van der Waals surface area (Å²) in [5, 5.41) is 0. The second kappa shape index (κ2) is 2.78. The molecule has 0 aliphatic carbocycles. The molecule has 0 saturated carbocycles. The van der Waals surface area contributed by atoms with Crippen molar-refractivity contribution >= 4 is 0 Å². The highest BCUT2D eigenvalue weighted by Crippen LogP contribution is 2.03. The third-order valence-corrected chi connectivity index (χ3v) is 1.48. The molecule has 0 spiro atoms. The van der Waals surface area contributed by atoms with Crippen LogP contribution in [0.5, 0.6) is 0 Å². The Hall–Kier alpha value is -0.920. The molecule has 2 heteroatoms. The summed E-state index contributed by atoms with van der Waals surface area (Å²) in [7, 11) is 2.02. The van der Waals surface area contributed by atoms with Crippen molar-refractivity contribution in [3.8, 4) is 0 Å². The standard InChI is InChI=1S/C8H13N2/c1-7(2)8-9-5-4-6-10(8)3/h4-7H,1-3H3/q+1. The summed E-state index contributed by atoms with van der Waals surface area (Å²) < 4.78 is 2.05. The number of rotatable bonds is 1. The molecule has 0 amide bonds. The molecule has 0 atom stereocenters. The van der Waals surface area contributed by atoms with Gasteiger partial charge in [-0.15, -0.1) is 0 Å². The summed E-state index contributed by atoms with van der Waals surface area (Å²) in [6, 6.07) is 1.94. The first-order valence-electron chi connectivity index (χ1n) is 3.52. The Bertz CT molecular complexity index is 218. The zero-order valence-corrected chi connectivity index (χ0v) is 6.70. The van der Waals surface area contributed by atoms with Gasteiger partial charge in [-0.2, -0.15) is 0 Å². The van der Waals surface area contributed by atoms with Crippen molar-refractivity contribution in [3.63, 3.8) is 0 Å². The molecular formula is C8H13N2+. The summed E-state index contributed by atoms with van der Waals surface area (Å²) in [5.41, 5.74) is 0. The molecule has 0 bridgehead atoms. The van der Waals surface area contributed by atoms with E-state index in [-0.39, 0.29) is 0 Å². The van der Waals surface area contributed by atoms with Crippen LogP contribution in [0.25, 0.3) is 0 Å². The molecule has 54 valence electrons. The van der Waals surface area contributed by atoms with Gasteiger partial charge in [-0.3, -0.25) is 0 Å².